The quantitative estimate of drug-likeness (QED) is 0.630. The Kier molecular flexibility index (Phi) is 6.21. The van der Waals surface area contributed by atoms with E-state index < -0.39 is 5.97 Å². The molecule has 0 aliphatic carbocycles. The van der Waals surface area contributed by atoms with Gasteiger partial charge in [0.05, 0.1) is 7.11 Å². The molecule has 0 fully saturated rings. The van der Waals surface area contributed by atoms with Crippen LogP contribution in [0.5, 0.6) is 0 Å². The highest BCUT2D eigenvalue weighted by molar-refractivity contribution is 7.99. The molecule has 1 aromatic rings. The summed E-state index contributed by atoms with van der Waals surface area (Å²) in [6.07, 6.45) is 0.218. The Morgan fingerprint density at radius 3 is 2.78 bits per heavy atom. The largest absolute Gasteiger partial charge is 0.468 e. The zero-order chi connectivity index (χ0) is 13.4. The first-order valence-electron chi connectivity index (χ1n) is 5.34. The van der Waals surface area contributed by atoms with Crippen LogP contribution in [0.15, 0.2) is 29.2 Å². The molecule has 1 rings (SSSR count). The SMILES string of the molecule is COC(=O)CNC(=O)CCSc1ccccc1F. The maximum Gasteiger partial charge on any atom is 0.325 e. The van der Waals surface area contributed by atoms with E-state index in [0.717, 1.165) is 0 Å². The van der Waals surface area contributed by atoms with Gasteiger partial charge < -0.3 is 10.1 Å². The molecule has 18 heavy (non-hydrogen) atoms. The number of rotatable bonds is 6. The topological polar surface area (TPSA) is 55.4 Å². The van der Waals surface area contributed by atoms with Gasteiger partial charge in [0.2, 0.25) is 5.91 Å². The van der Waals surface area contributed by atoms with E-state index in [9.17, 15) is 14.0 Å². The molecular weight excluding hydrogens is 257 g/mol. The number of ether oxygens (including phenoxy) is 1. The minimum Gasteiger partial charge on any atom is -0.468 e. The minimum absolute atomic E-state index is 0.139. The van der Waals surface area contributed by atoms with Gasteiger partial charge in [0.1, 0.15) is 12.4 Å². The summed E-state index contributed by atoms with van der Waals surface area (Å²) < 4.78 is 17.6. The number of hydrogen-bond acceptors (Lipinski definition) is 4. The average molecular weight is 271 g/mol. The van der Waals surface area contributed by atoms with Gasteiger partial charge >= 0.3 is 5.97 Å². The molecule has 0 atom stereocenters. The summed E-state index contributed by atoms with van der Waals surface area (Å²) in [5, 5.41) is 2.41. The molecule has 98 valence electrons. The van der Waals surface area contributed by atoms with E-state index in [1.807, 2.05) is 0 Å². The van der Waals surface area contributed by atoms with Crippen molar-refractivity contribution in [3.8, 4) is 0 Å². The van der Waals surface area contributed by atoms with Gasteiger partial charge in [0, 0.05) is 17.1 Å². The normalized spacial score (nSPS) is 9.89. The highest BCUT2D eigenvalue weighted by atomic mass is 32.2. The number of esters is 1. The van der Waals surface area contributed by atoms with Gasteiger partial charge in [-0.2, -0.15) is 0 Å². The van der Waals surface area contributed by atoms with Crippen LogP contribution in [-0.4, -0.2) is 31.3 Å². The zero-order valence-electron chi connectivity index (χ0n) is 9.94. The van der Waals surface area contributed by atoms with Crippen LogP contribution in [0.4, 0.5) is 4.39 Å². The molecule has 1 N–H and O–H groups in total. The van der Waals surface area contributed by atoms with Crippen LogP contribution in [0.3, 0.4) is 0 Å². The molecule has 0 unspecified atom stereocenters. The molecule has 1 aromatic carbocycles. The Labute approximate surface area is 109 Å². The van der Waals surface area contributed by atoms with Crippen LogP contribution in [-0.2, 0) is 14.3 Å². The van der Waals surface area contributed by atoms with Crippen LogP contribution < -0.4 is 5.32 Å². The maximum atomic E-state index is 13.2. The molecule has 0 saturated carbocycles. The first kappa shape index (κ1) is 14.5. The van der Waals surface area contributed by atoms with Crippen molar-refractivity contribution >= 4 is 23.6 Å². The van der Waals surface area contributed by atoms with E-state index >= 15 is 0 Å². The van der Waals surface area contributed by atoms with Crippen molar-refractivity contribution in [2.45, 2.75) is 11.3 Å². The number of carbonyl (C=O) groups excluding carboxylic acids is 2. The number of carbonyl (C=O) groups is 2. The summed E-state index contributed by atoms with van der Waals surface area (Å²) in [5.41, 5.74) is 0. The van der Waals surface area contributed by atoms with Crippen LogP contribution in [0.2, 0.25) is 0 Å². The van der Waals surface area contributed by atoms with Crippen molar-refractivity contribution < 1.29 is 18.7 Å². The molecule has 4 nitrogen and oxygen atoms in total. The van der Waals surface area contributed by atoms with Crippen molar-refractivity contribution in [3.63, 3.8) is 0 Å². The van der Waals surface area contributed by atoms with Gasteiger partial charge in [-0.15, -0.1) is 11.8 Å². The van der Waals surface area contributed by atoms with E-state index in [1.165, 1.54) is 24.9 Å². The second-order valence-corrected chi connectivity index (χ2v) is 4.52. The van der Waals surface area contributed by atoms with Gasteiger partial charge in [-0.1, -0.05) is 12.1 Å². The van der Waals surface area contributed by atoms with Crippen molar-refractivity contribution in [2.24, 2.45) is 0 Å². The Balaban J connectivity index is 2.24. The van der Waals surface area contributed by atoms with Crippen molar-refractivity contribution in [2.75, 3.05) is 19.4 Å². The molecule has 0 aromatic heterocycles. The van der Waals surface area contributed by atoms with Gasteiger partial charge in [-0.05, 0) is 12.1 Å². The van der Waals surface area contributed by atoms with E-state index in [4.69, 9.17) is 0 Å². The molecule has 0 radical (unpaired) electrons. The van der Waals surface area contributed by atoms with Crippen molar-refractivity contribution in [1.82, 2.24) is 5.32 Å². The van der Waals surface area contributed by atoms with Crippen LogP contribution >= 0.6 is 11.8 Å². The molecule has 0 spiro atoms. The summed E-state index contributed by atoms with van der Waals surface area (Å²) in [7, 11) is 1.25. The fraction of sp³-hybridized carbons (Fsp3) is 0.333. The van der Waals surface area contributed by atoms with Gasteiger partial charge in [0.15, 0.2) is 0 Å². The molecule has 1 amide bonds. The third-order valence-electron chi connectivity index (χ3n) is 2.08. The number of thioether (sulfide) groups is 1. The van der Waals surface area contributed by atoms with Crippen molar-refractivity contribution in [3.05, 3.63) is 30.1 Å². The lowest BCUT2D eigenvalue weighted by molar-refractivity contribution is -0.141. The second kappa shape index (κ2) is 7.71. The summed E-state index contributed by atoms with van der Waals surface area (Å²) in [5.74, 6) is -0.597. The molecule has 0 saturated heterocycles. The van der Waals surface area contributed by atoms with E-state index in [-0.39, 0.29) is 24.7 Å². The van der Waals surface area contributed by atoms with Crippen LogP contribution in [0.1, 0.15) is 6.42 Å². The summed E-state index contributed by atoms with van der Waals surface area (Å²) >= 11 is 1.26. The van der Waals surface area contributed by atoms with Gasteiger partial charge in [0.25, 0.3) is 0 Å². The number of amides is 1. The maximum absolute atomic E-state index is 13.2. The first-order chi connectivity index (χ1) is 8.63. The summed E-state index contributed by atoms with van der Waals surface area (Å²) in [4.78, 5) is 22.6. The number of nitrogens with one attached hydrogen (secondary N) is 1. The Bertz CT molecular complexity index is 426. The minimum atomic E-state index is -0.495. The van der Waals surface area contributed by atoms with Crippen molar-refractivity contribution in [1.29, 1.82) is 0 Å². The number of methoxy groups -OCH3 is 1. The fourth-order valence-electron chi connectivity index (χ4n) is 1.15. The number of benzene rings is 1. The Morgan fingerprint density at radius 1 is 1.39 bits per heavy atom. The van der Waals surface area contributed by atoms with Crippen LogP contribution in [0.25, 0.3) is 0 Å². The lowest BCUT2D eigenvalue weighted by Crippen LogP contribution is -2.30. The Morgan fingerprint density at radius 2 is 2.11 bits per heavy atom. The molecule has 0 aliphatic rings. The predicted octanol–water partition coefficient (Wildman–Crippen LogP) is 1.60. The number of halogens is 1. The standard InChI is InChI=1S/C12H14FNO3S/c1-17-12(16)8-14-11(15)6-7-18-10-5-3-2-4-9(10)13/h2-5H,6-8H2,1H3,(H,14,15). The first-order valence-corrected chi connectivity index (χ1v) is 6.33. The third kappa shape index (κ3) is 5.18. The number of hydrogen-bond donors (Lipinski definition) is 1. The molecule has 6 heteroatoms. The smallest absolute Gasteiger partial charge is 0.325 e. The van der Waals surface area contributed by atoms with Gasteiger partial charge in [-0.25, -0.2) is 4.39 Å². The Hall–Kier alpha value is -1.56. The fourth-order valence-corrected chi connectivity index (χ4v) is 2.03. The van der Waals surface area contributed by atoms with E-state index in [2.05, 4.69) is 10.1 Å². The third-order valence-corrected chi connectivity index (χ3v) is 3.13. The molecule has 0 aliphatic heterocycles. The molecular formula is C12H14FNO3S. The zero-order valence-corrected chi connectivity index (χ0v) is 10.8. The summed E-state index contributed by atoms with van der Waals surface area (Å²) in [6, 6.07) is 6.39. The van der Waals surface area contributed by atoms with Crippen LogP contribution in [0, 0.1) is 5.82 Å². The monoisotopic (exact) mass is 271 g/mol. The summed E-state index contributed by atoms with van der Waals surface area (Å²) in [6.45, 7) is -0.139. The highest BCUT2D eigenvalue weighted by Crippen LogP contribution is 2.21. The predicted molar refractivity (Wildman–Crippen MR) is 66.8 cm³/mol. The average Bonchev–Trinajstić information content (AvgIpc) is 2.38. The highest BCUT2D eigenvalue weighted by Gasteiger charge is 2.06. The van der Waals surface area contributed by atoms with Gasteiger partial charge in [-0.3, -0.25) is 9.59 Å². The molecule has 0 heterocycles. The van der Waals surface area contributed by atoms with E-state index in [0.29, 0.717) is 10.6 Å². The van der Waals surface area contributed by atoms with E-state index in [1.54, 1.807) is 18.2 Å². The lowest BCUT2D eigenvalue weighted by atomic mass is 10.3. The lowest BCUT2D eigenvalue weighted by Gasteiger charge is -2.04. The second-order valence-electron chi connectivity index (χ2n) is 3.38. The molecule has 0 bridgehead atoms.